The number of alkyl halides is 3. The van der Waals surface area contributed by atoms with Crippen LogP contribution in [0.1, 0.15) is 30.5 Å². The zero-order chi connectivity index (χ0) is 17.9. The second kappa shape index (κ2) is 7.50. The predicted octanol–water partition coefficient (Wildman–Crippen LogP) is 2.11. The van der Waals surface area contributed by atoms with Crippen molar-refractivity contribution in [2.75, 3.05) is 20.8 Å². The number of methoxy groups -OCH3 is 1. The minimum Gasteiger partial charge on any atom is -0.382 e. The zero-order valence-corrected chi connectivity index (χ0v) is 13.9. The van der Waals surface area contributed by atoms with Crippen LogP contribution in [0.2, 0.25) is 0 Å². The number of rotatable bonds is 5. The van der Waals surface area contributed by atoms with Gasteiger partial charge < -0.3 is 9.64 Å². The van der Waals surface area contributed by atoms with Crippen LogP contribution in [-0.2, 0) is 15.7 Å². The van der Waals surface area contributed by atoms with E-state index in [-0.39, 0.29) is 18.6 Å². The van der Waals surface area contributed by atoms with Gasteiger partial charge in [0.1, 0.15) is 6.04 Å². The van der Waals surface area contributed by atoms with Crippen LogP contribution in [0.3, 0.4) is 0 Å². The summed E-state index contributed by atoms with van der Waals surface area (Å²) in [5, 5.41) is 0. The fourth-order valence-electron chi connectivity index (χ4n) is 2.79. The van der Waals surface area contributed by atoms with Crippen molar-refractivity contribution < 1.29 is 22.7 Å². The summed E-state index contributed by atoms with van der Waals surface area (Å²) in [4.78, 5) is 14.0. The monoisotopic (exact) mass is 345 g/mol. The third-order valence-electron chi connectivity index (χ3n) is 4.13. The maximum Gasteiger partial charge on any atom is 0.416 e. The molecule has 2 N–H and O–H groups in total. The van der Waals surface area contributed by atoms with Crippen molar-refractivity contribution in [2.24, 2.45) is 0 Å². The Balaban J connectivity index is 2.23. The highest BCUT2D eigenvalue weighted by atomic mass is 19.4. The summed E-state index contributed by atoms with van der Waals surface area (Å²) in [6, 6.07) is 4.15. The molecule has 1 amide bonds. The number of nitrogens with zero attached hydrogens (tertiary/aromatic N) is 1. The molecule has 0 saturated carbocycles. The van der Waals surface area contributed by atoms with E-state index in [9.17, 15) is 18.0 Å². The fourth-order valence-corrected chi connectivity index (χ4v) is 2.79. The van der Waals surface area contributed by atoms with Crippen LogP contribution in [0.15, 0.2) is 24.3 Å². The molecule has 0 radical (unpaired) electrons. The number of likely N-dealkylation sites (N-methyl/N-ethyl adjacent to an activating group) is 1. The van der Waals surface area contributed by atoms with Crippen LogP contribution >= 0.6 is 0 Å². The van der Waals surface area contributed by atoms with Gasteiger partial charge in [0.15, 0.2) is 0 Å². The van der Waals surface area contributed by atoms with Crippen LogP contribution in [0.5, 0.6) is 0 Å². The Hall–Kier alpha value is -1.64. The highest BCUT2D eigenvalue weighted by molar-refractivity contribution is 5.82. The zero-order valence-electron chi connectivity index (χ0n) is 13.9. The van der Waals surface area contributed by atoms with E-state index in [4.69, 9.17) is 4.74 Å². The molecule has 0 bridgehead atoms. The largest absolute Gasteiger partial charge is 0.416 e. The molecule has 0 aromatic heterocycles. The van der Waals surface area contributed by atoms with Gasteiger partial charge in [0.2, 0.25) is 5.91 Å². The highest BCUT2D eigenvalue weighted by Gasteiger charge is 2.34. The van der Waals surface area contributed by atoms with Crippen LogP contribution in [-0.4, -0.2) is 43.7 Å². The third kappa shape index (κ3) is 4.25. The van der Waals surface area contributed by atoms with Crippen molar-refractivity contribution in [3.8, 4) is 0 Å². The summed E-state index contributed by atoms with van der Waals surface area (Å²) in [6.45, 7) is 2.05. The summed E-state index contributed by atoms with van der Waals surface area (Å²) < 4.78 is 43.9. The molecule has 3 unspecified atom stereocenters. The highest BCUT2D eigenvalue weighted by Crippen LogP contribution is 2.32. The third-order valence-corrected chi connectivity index (χ3v) is 4.13. The van der Waals surface area contributed by atoms with E-state index >= 15 is 0 Å². The predicted molar refractivity (Wildman–Crippen MR) is 83.0 cm³/mol. The molecule has 1 aliphatic heterocycles. The average molecular weight is 345 g/mol. The van der Waals surface area contributed by atoms with E-state index in [0.717, 1.165) is 12.1 Å². The Morgan fingerprint density at radius 1 is 1.42 bits per heavy atom. The van der Waals surface area contributed by atoms with E-state index in [1.165, 1.54) is 18.1 Å². The minimum atomic E-state index is -4.43. The molecule has 0 spiro atoms. The first-order chi connectivity index (χ1) is 11.2. The smallest absolute Gasteiger partial charge is 0.382 e. The van der Waals surface area contributed by atoms with Gasteiger partial charge in [-0.2, -0.15) is 13.2 Å². The number of nitrogens with one attached hydrogen (secondary N) is 2. The molecule has 1 aromatic carbocycles. The lowest BCUT2D eigenvalue weighted by Crippen LogP contribution is -2.46. The molecular formula is C16H22F3N3O2. The molecule has 3 atom stereocenters. The Kier molecular flexibility index (Phi) is 5.84. The lowest BCUT2D eigenvalue weighted by atomic mass is 10.0. The normalized spacial score (nSPS) is 22.4. The summed E-state index contributed by atoms with van der Waals surface area (Å²) in [6.07, 6.45) is -3.81. The number of benzene rings is 1. The first kappa shape index (κ1) is 18.7. The number of carbonyl (C=O) groups is 1. The molecule has 1 heterocycles. The number of ether oxygens (including phenoxy) is 1. The molecule has 1 aromatic rings. The van der Waals surface area contributed by atoms with E-state index in [0.29, 0.717) is 12.0 Å². The Labute approximate surface area is 139 Å². The van der Waals surface area contributed by atoms with Crippen molar-refractivity contribution >= 4 is 5.91 Å². The topological polar surface area (TPSA) is 53.6 Å². The van der Waals surface area contributed by atoms with Gasteiger partial charge >= 0.3 is 6.18 Å². The molecule has 134 valence electrons. The summed E-state index contributed by atoms with van der Waals surface area (Å²) in [5.41, 5.74) is 5.53. The molecule has 1 aliphatic rings. The van der Waals surface area contributed by atoms with Gasteiger partial charge in [0.25, 0.3) is 0 Å². The van der Waals surface area contributed by atoms with Crippen molar-refractivity contribution in [3.63, 3.8) is 0 Å². The summed E-state index contributed by atoms with van der Waals surface area (Å²) in [7, 11) is 3.04. The molecule has 8 heteroatoms. The number of hydrazine groups is 1. The van der Waals surface area contributed by atoms with Gasteiger partial charge in [-0.15, -0.1) is 0 Å². The number of carbonyl (C=O) groups excluding carboxylic acids is 1. The van der Waals surface area contributed by atoms with Crippen LogP contribution < -0.4 is 10.9 Å². The summed E-state index contributed by atoms with van der Waals surface area (Å²) >= 11 is 0. The molecular weight excluding hydrogens is 323 g/mol. The quantitative estimate of drug-likeness (QED) is 0.858. The molecule has 1 saturated heterocycles. The van der Waals surface area contributed by atoms with Gasteiger partial charge in [-0.05, 0) is 31.0 Å². The molecule has 5 nitrogen and oxygen atoms in total. The molecule has 0 aliphatic carbocycles. The maximum absolute atomic E-state index is 12.9. The van der Waals surface area contributed by atoms with Crippen molar-refractivity contribution in [1.82, 2.24) is 15.8 Å². The number of halogens is 3. The second-order valence-electron chi connectivity index (χ2n) is 6.02. The van der Waals surface area contributed by atoms with Crippen molar-refractivity contribution in [3.05, 3.63) is 35.4 Å². The SMILES string of the molecule is COCC(c1cccc(C(F)(F)F)c1)N(C)C(=O)C1CC(C)NN1. The molecule has 1 fully saturated rings. The van der Waals surface area contributed by atoms with E-state index in [1.807, 2.05) is 6.92 Å². The number of amides is 1. The lowest BCUT2D eigenvalue weighted by molar-refractivity contribution is -0.137. The van der Waals surface area contributed by atoms with Crippen molar-refractivity contribution in [1.29, 1.82) is 0 Å². The van der Waals surface area contributed by atoms with Crippen molar-refractivity contribution in [2.45, 2.75) is 37.6 Å². The van der Waals surface area contributed by atoms with Gasteiger partial charge in [0.05, 0.1) is 18.2 Å². The van der Waals surface area contributed by atoms with Crippen LogP contribution in [0, 0.1) is 0 Å². The van der Waals surface area contributed by atoms with E-state index in [2.05, 4.69) is 10.9 Å². The van der Waals surface area contributed by atoms with Gasteiger partial charge in [-0.3, -0.25) is 10.2 Å². The Bertz CT molecular complexity index is 580. The standard InChI is InChI=1S/C16H22F3N3O2/c1-10-7-13(21-20-10)15(23)22(2)14(9-24-3)11-5-4-6-12(8-11)16(17,18)19/h4-6,8,10,13-14,20-21H,7,9H2,1-3H3. The number of hydrogen-bond donors (Lipinski definition) is 2. The first-order valence-corrected chi connectivity index (χ1v) is 7.68. The van der Waals surface area contributed by atoms with Gasteiger partial charge in [-0.1, -0.05) is 12.1 Å². The maximum atomic E-state index is 12.9. The second-order valence-corrected chi connectivity index (χ2v) is 6.02. The van der Waals surface area contributed by atoms with Gasteiger partial charge in [-0.25, -0.2) is 5.43 Å². The van der Waals surface area contributed by atoms with Crippen LogP contribution in [0.4, 0.5) is 13.2 Å². The first-order valence-electron chi connectivity index (χ1n) is 7.68. The molecule has 2 rings (SSSR count). The van der Waals surface area contributed by atoms with Gasteiger partial charge in [0, 0.05) is 20.2 Å². The fraction of sp³-hybridized carbons (Fsp3) is 0.562. The average Bonchev–Trinajstić information content (AvgIpc) is 2.97. The summed E-state index contributed by atoms with van der Waals surface area (Å²) in [5.74, 6) is -0.189. The Morgan fingerprint density at radius 3 is 2.67 bits per heavy atom. The van der Waals surface area contributed by atoms with Crippen LogP contribution in [0.25, 0.3) is 0 Å². The lowest BCUT2D eigenvalue weighted by Gasteiger charge is -2.30. The van der Waals surface area contributed by atoms with E-state index in [1.54, 1.807) is 13.1 Å². The Morgan fingerprint density at radius 2 is 2.12 bits per heavy atom. The molecule has 24 heavy (non-hydrogen) atoms. The number of hydrogen-bond acceptors (Lipinski definition) is 4. The van der Waals surface area contributed by atoms with E-state index < -0.39 is 23.8 Å². The minimum absolute atomic E-state index is 0.110.